The third-order valence-corrected chi connectivity index (χ3v) is 9.84. The molecule has 0 radical (unpaired) electrons. The molecule has 1 spiro atoms. The van der Waals surface area contributed by atoms with Crippen molar-refractivity contribution in [2.45, 2.75) is 29.1 Å². The first kappa shape index (κ1) is 24.6. The highest BCUT2D eigenvalue weighted by molar-refractivity contribution is 7.89. The van der Waals surface area contributed by atoms with E-state index in [1.54, 1.807) is 53.7 Å². The van der Waals surface area contributed by atoms with Crippen molar-refractivity contribution in [3.05, 3.63) is 65.9 Å². The first-order valence-electron chi connectivity index (χ1n) is 12.3. The van der Waals surface area contributed by atoms with Gasteiger partial charge in [0.25, 0.3) is 0 Å². The van der Waals surface area contributed by atoms with Crippen LogP contribution in [0.15, 0.2) is 65.8 Å². The Morgan fingerprint density at radius 3 is 2.43 bits per heavy atom. The number of nitrogens with two attached hydrogens (primary N) is 1. The number of piperazine rings is 1. The summed E-state index contributed by atoms with van der Waals surface area (Å²) in [5, 5.41) is 2.17. The van der Waals surface area contributed by atoms with Gasteiger partial charge in [0, 0.05) is 42.7 Å². The molecule has 3 saturated heterocycles. The fourth-order valence-corrected chi connectivity index (χ4v) is 7.45. The lowest BCUT2D eigenvalue weighted by molar-refractivity contribution is -0.174. The highest BCUT2D eigenvalue weighted by Crippen LogP contribution is 2.43. The molecule has 1 aromatic heterocycles. The lowest BCUT2D eigenvalue weighted by atomic mass is 9.91. The maximum atomic E-state index is 13.7. The van der Waals surface area contributed by atoms with Crippen molar-refractivity contribution < 1.29 is 17.9 Å². The summed E-state index contributed by atoms with van der Waals surface area (Å²) in [7, 11) is -3.97. The Balaban J connectivity index is 1.25. The molecule has 194 valence electrons. The van der Waals surface area contributed by atoms with Crippen LogP contribution in [0.2, 0.25) is 5.02 Å². The van der Waals surface area contributed by atoms with E-state index in [-0.39, 0.29) is 30.4 Å². The average Bonchev–Trinajstić information content (AvgIpc) is 3.24. The van der Waals surface area contributed by atoms with Gasteiger partial charge in [-0.2, -0.15) is 4.31 Å². The van der Waals surface area contributed by atoms with Crippen LogP contribution in [0, 0.1) is 0 Å². The number of carbonyl (C=O) groups is 1. The fourth-order valence-electron chi connectivity index (χ4n) is 5.80. The van der Waals surface area contributed by atoms with Gasteiger partial charge >= 0.3 is 0 Å². The minimum absolute atomic E-state index is 0.00789. The first-order valence-corrected chi connectivity index (χ1v) is 14.1. The van der Waals surface area contributed by atoms with Crippen LogP contribution in [0.4, 0.5) is 5.69 Å². The number of fused-ring (bicyclic) bond motifs is 2. The van der Waals surface area contributed by atoms with Gasteiger partial charge < -0.3 is 20.3 Å². The second-order valence-corrected chi connectivity index (χ2v) is 12.4. The van der Waals surface area contributed by atoms with Gasteiger partial charge in [-0.05, 0) is 60.0 Å². The van der Waals surface area contributed by atoms with Crippen LogP contribution in [-0.4, -0.2) is 79.1 Å². The molecular formula is C26H28ClN5O4S. The molecule has 2 aromatic carbocycles. The van der Waals surface area contributed by atoms with Crippen molar-refractivity contribution in [2.24, 2.45) is 5.73 Å². The van der Waals surface area contributed by atoms with E-state index in [0.717, 1.165) is 29.5 Å². The molecule has 0 bridgehead atoms. The Morgan fingerprint density at radius 2 is 1.70 bits per heavy atom. The molecule has 4 heterocycles. The number of nitrogens with zero attached hydrogens (tertiary/aromatic N) is 4. The van der Waals surface area contributed by atoms with Gasteiger partial charge in [-0.25, -0.2) is 8.42 Å². The van der Waals surface area contributed by atoms with E-state index in [0.29, 0.717) is 24.4 Å². The Morgan fingerprint density at radius 1 is 1.00 bits per heavy atom. The SMILES string of the molecule is NCC12CN(S(=O)(=O)c3ccc4cc(Cl)ccc4c3)CC(=O)N1CC1(CCN(c3ccncc3)CC1)O2. The summed E-state index contributed by atoms with van der Waals surface area (Å²) in [6.07, 6.45) is 4.96. The van der Waals surface area contributed by atoms with Crippen molar-refractivity contribution in [2.75, 3.05) is 44.2 Å². The minimum atomic E-state index is -3.97. The largest absolute Gasteiger partial charge is 0.371 e. The fraction of sp³-hybridized carbons (Fsp3) is 0.385. The van der Waals surface area contributed by atoms with Gasteiger partial charge in [0.1, 0.15) is 0 Å². The van der Waals surface area contributed by atoms with Crippen LogP contribution in [0.25, 0.3) is 10.8 Å². The maximum absolute atomic E-state index is 13.7. The Labute approximate surface area is 220 Å². The summed E-state index contributed by atoms with van der Waals surface area (Å²) in [4.78, 5) is 21.5. The van der Waals surface area contributed by atoms with E-state index in [1.807, 2.05) is 12.1 Å². The molecule has 6 rings (SSSR count). The number of anilines is 1. The van der Waals surface area contributed by atoms with Gasteiger partial charge in [0.05, 0.1) is 30.1 Å². The zero-order chi connectivity index (χ0) is 25.8. The summed E-state index contributed by atoms with van der Waals surface area (Å²) >= 11 is 6.07. The van der Waals surface area contributed by atoms with E-state index >= 15 is 0 Å². The number of ether oxygens (including phenoxy) is 1. The molecule has 2 N–H and O–H groups in total. The number of piperidine rings is 1. The lowest BCUT2D eigenvalue weighted by Crippen LogP contribution is -2.66. The second-order valence-electron chi connectivity index (χ2n) is 10.0. The molecule has 37 heavy (non-hydrogen) atoms. The highest BCUT2D eigenvalue weighted by atomic mass is 35.5. The van der Waals surface area contributed by atoms with Crippen molar-refractivity contribution >= 4 is 44.0 Å². The smallest absolute Gasteiger partial charge is 0.243 e. The second kappa shape index (κ2) is 8.92. The predicted molar refractivity (Wildman–Crippen MR) is 141 cm³/mol. The van der Waals surface area contributed by atoms with E-state index in [9.17, 15) is 13.2 Å². The van der Waals surface area contributed by atoms with Crippen LogP contribution >= 0.6 is 11.6 Å². The standard InChI is InChI=1S/C26H28ClN5O4S/c27-21-3-1-20-14-23(4-2-19(20)13-21)37(34,35)31-15-24(33)32-17-25(36-26(32,16-28)18-31)7-11-30(12-8-25)22-5-9-29-10-6-22/h1-6,9-10,13-14H,7-8,11-12,15-18,28H2. The summed E-state index contributed by atoms with van der Waals surface area (Å²) < 4.78 is 35.2. The Kier molecular flexibility index (Phi) is 5.92. The number of amides is 1. The molecular weight excluding hydrogens is 514 g/mol. The van der Waals surface area contributed by atoms with Gasteiger partial charge in [-0.15, -0.1) is 0 Å². The average molecular weight is 542 g/mol. The van der Waals surface area contributed by atoms with Crippen LogP contribution in [0.3, 0.4) is 0 Å². The molecule has 3 aromatic rings. The van der Waals surface area contributed by atoms with Gasteiger partial charge in [-0.3, -0.25) is 9.78 Å². The molecule has 9 nitrogen and oxygen atoms in total. The number of carbonyl (C=O) groups excluding carboxylic acids is 1. The van der Waals surface area contributed by atoms with Crippen LogP contribution < -0.4 is 10.6 Å². The third kappa shape index (κ3) is 4.17. The number of benzene rings is 2. The molecule has 0 saturated carbocycles. The molecule has 3 fully saturated rings. The molecule has 1 unspecified atom stereocenters. The van der Waals surface area contributed by atoms with E-state index in [2.05, 4.69) is 9.88 Å². The first-order chi connectivity index (χ1) is 17.7. The minimum Gasteiger partial charge on any atom is -0.371 e. The maximum Gasteiger partial charge on any atom is 0.243 e. The van der Waals surface area contributed by atoms with Gasteiger partial charge in [0.15, 0.2) is 5.72 Å². The normalized spacial score (nSPS) is 24.1. The van der Waals surface area contributed by atoms with Crippen LogP contribution in [0.1, 0.15) is 12.8 Å². The monoisotopic (exact) mass is 541 g/mol. The summed E-state index contributed by atoms with van der Waals surface area (Å²) in [6, 6.07) is 14.1. The third-order valence-electron chi connectivity index (χ3n) is 7.81. The zero-order valence-electron chi connectivity index (χ0n) is 20.2. The topological polar surface area (TPSA) is 109 Å². The van der Waals surface area contributed by atoms with Crippen molar-refractivity contribution in [3.63, 3.8) is 0 Å². The van der Waals surface area contributed by atoms with E-state index in [4.69, 9.17) is 22.1 Å². The zero-order valence-corrected chi connectivity index (χ0v) is 21.8. The molecule has 0 aliphatic carbocycles. The number of hydrogen-bond acceptors (Lipinski definition) is 7. The number of halogens is 1. The molecule has 1 amide bonds. The summed E-state index contributed by atoms with van der Waals surface area (Å²) in [5.41, 5.74) is 5.57. The van der Waals surface area contributed by atoms with Gasteiger partial charge in [-0.1, -0.05) is 23.7 Å². The van der Waals surface area contributed by atoms with Gasteiger partial charge in [0.2, 0.25) is 15.9 Å². The van der Waals surface area contributed by atoms with Crippen molar-refractivity contribution in [1.29, 1.82) is 0 Å². The number of aromatic nitrogens is 1. The number of sulfonamides is 1. The van der Waals surface area contributed by atoms with E-state index < -0.39 is 21.3 Å². The van der Waals surface area contributed by atoms with Crippen molar-refractivity contribution in [3.8, 4) is 0 Å². The number of rotatable bonds is 4. The van der Waals surface area contributed by atoms with Crippen molar-refractivity contribution in [1.82, 2.24) is 14.2 Å². The molecule has 3 aliphatic rings. The molecule has 11 heteroatoms. The quantitative estimate of drug-likeness (QED) is 0.540. The lowest BCUT2D eigenvalue weighted by Gasteiger charge is -2.44. The molecule has 3 aliphatic heterocycles. The summed E-state index contributed by atoms with van der Waals surface area (Å²) in [6.45, 7) is 1.69. The highest BCUT2D eigenvalue weighted by Gasteiger charge is 2.60. The molecule has 1 atom stereocenters. The van der Waals surface area contributed by atoms with Crippen LogP contribution in [0.5, 0.6) is 0 Å². The summed E-state index contributed by atoms with van der Waals surface area (Å²) in [5.74, 6) is -0.290. The Hall–Kier alpha value is -2.76. The van der Waals surface area contributed by atoms with Crippen LogP contribution in [-0.2, 0) is 19.6 Å². The Bertz CT molecular complexity index is 1460. The predicted octanol–water partition coefficient (Wildman–Crippen LogP) is 2.45. The number of pyridine rings is 1. The number of hydrogen-bond donors (Lipinski definition) is 1. The van der Waals surface area contributed by atoms with E-state index in [1.165, 1.54) is 4.31 Å².